The Kier molecular flexibility index (Phi) is 7.80. The lowest BCUT2D eigenvalue weighted by Crippen LogP contribution is -2.35. The van der Waals surface area contributed by atoms with Crippen LogP contribution in [0.1, 0.15) is 22.3 Å². The largest absolute Gasteiger partial charge is 0.469 e. The highest BCUT2D eigenvalue weighted by Crippen LogP contribution is 2.23. The fraction of sp³-hybridized carbons (Fsp3) is 0.261. The Bertz CT molecular complexity index is 1110. The van der Waals surface area contributed by atoms with Gasteiger partial charge in [0.15, 0.2) is 5.96 Å². The quantitative estimate of drug-likeness (QED) is 0.163. The Labute approximate surface area is 196 Å². The highest BCUT2D eigenvalue weighted by atomic mass is 16.5. The summed E-state index contributed by atoms with van der Waals surface area (Å²) >= 11 is 0. The molecule has 1 aliphatic heterocycles. The van der Waals surface area contributed by atoms with E-state index in [0.29, 0.717) is 42.0 Å². The monoisotopic (exact) mass is 466 g/mol. The SMILES string of the molecule is COC(=O)Cc1cccc(N2C(=O)CN(CCCNC(=O)c3ccc(N=C(N)N)cc3)C2=O)c1. The Balaban J connectivity index is 1.51. The molecule has 3 rings (SSSR count). The summed E-state index contributed by atoms with van der Waals surface area (Å²) in [5, 5.41) is 2.78. The number of aliphatic imine (C=N–C) groups is 1. The van der Waals surface area contributed by atoms with Gasteiger partial charge in [-0.05, 0) is 48.4 Å². The van der Waals surface area contributed by atoms with Gasteiger partial charge in [0.05, 0.1) is 24.9 Å². The predicted molar refractivity (Wildman–Crippen MR) is 125 cm³/mol. The van der Waals surface area contributed by atoms with Gasteiger partial charge in [0, 0.05) is 18.7 Å². The number of carbonyl (C=O) groups excluding carboxylic acids is 4. The molecule has 5 N–H and O–H groups in total. The third-order valence-corrected chi connectivity index (χ3v) is 5.06. The van der Waals surface area contributed by atoms with Crippen molar-refractivity contribution in [2.24, 2.45) is 16.5 Å². The van der Waals surface area contributed by atoms with E-state index in [2.05, 4.69) is 15.0 Å². The number of guanidine groups is 1. The molecule has 4 amide bonds. The molecule has 0 aliphatic carbocycles. The van der Waals surface area contributed by atoms with Gasteiger partial charge < -0.3 is 26.4 Å². The van der Waals surface area contributed by atoms with Crippen molar-refractivity contribution in [3.8, 4) is 0 Å². The number of nitrogens with one attached hydrogen (secondary N) is 1. The van der Waals surface area contributed by atoms with Crippen LogP contribution in [0.3, 0.4) is 0 Å². The zero-order valence-electron chi connectivity index (χ0n) is 18.7. The summed E-state index contributed by atoms with van der Waals surface area (Å²) in [5.74, 6) is -1.11. The molecule has 178 valence electrons. The summed E-state index contributed by atoms with van der Waals surface area (Å²) in [7, 11) is 1.30. The van der Waals surface area contributed by atoms with Crippen LogP contribution in [-0.4, -0.2) is 61.4 Å². The molecule has 1 heterocycles. The van der Waals surface area contributed by atoms with Crippen molar-refractivity contribution in [1.82, 2.24) is 10.2 Å². The molecule has 1 fully saturated rings. The van der Waals surface area contributed by atoms with E-state index >= 15 is 0 Å². The molecular weight excluding hydrogens is 440 g/mol. The molecule has 1 saturated heterocycles. The summed E-state index contributed by atoms with van der Waals surface area (Å²) in [5.41, 5.74) is 12.7. The lowest BCUT2D eigenvalue weighted by atomic mass is 10.1. The van der Waals surface area contributed by atoms with Gasteiger partial charge in [-0.25, -0.2) is 14.7 Å². The van der Waals surface area contributed by atoms with Crippen molar-refractivity contribution >= 4 is 41.1 Å². The smallest absolute Gasteiger partial charge is 0.331 e. The average Bonchev–Trinajstić information content (AvgIpc) is 3.09. The number of carbonyl (C=O) groups is 4. The van der Waals surface area contributed by atoms with E-state index in [1.165, 1.54) is 12.0 Å². The second kappa shape index (κ2) is 10.9. The van der Waals surface area contributed by atoms with Gasteiger partial charge >= 0.3 is 12.0 Å². The molecule has 1 aliphatic rings. The van der Waals surface area contributed by atoms with Crippen molar-refractivity contribution in [2.75, 3.05) is 31.6 Å². The highest BCUT2D eigenvalue weighted by Gasteiger charge is 2.36. The molecule has 34 heavy (non-hydrogen) atoms. The first-order chi connectivity index (χ1) is 16.3. The first kappa shape index (κ1) is 24.2. The molecular formula is C23H26N6O5. The van der Waals surface area contributed by atoms with E-state index in [4.69, 9.17) is 11.5 Å². The number of ether oxygens (including phenoxy) is 1. The standard InChI is InChI=1S/C23H26N6O5/c1-34-20(31)13-15-4-2-5-18(12-15)29-19(30)14-28(23(29)33)11-3-10-26-21(32)16-6-8-17(9-7-16)27-22(24)25/h2,4-9,12H,3,10-11,13-14H2,1H3,(H,26,32)(H4,24,25,27). The van der Waals surface area contributed by atoms with Gasteiger partial charge in [0.1, 0.15) is 6.54 Å². The van der Waals surface area contributed by atoms with E-state index in [0.717, 1.165) is 4.90 Å². The molecule has 0 radical (unpaired) electrons. The number of urea groups is 1. The van der Waals surface area contributed by atoms with Crippen LogP contribution in [-0.2, 0) is 20.7 Å². The molecule has 2 aromatic rings. The average molecular weight is 466 g/mol. The molecule has 0 unspecified atom stereocenters. The maximum Gasteiger partial charge on any atom is 0.331 e. The minimum absolute atomic E-state index is 0.0426. The number of anilines is 1. The lowest BCUT2D eigenvalue weighted by molar-refractivity contribution is -0.139. The number of imide groups is 1. The van der Waals surface area contributed by atoms with Gasteiger partial charge in [0.2, 0.25) is 0 Å². The van der Waals surface area contributed by atoms with Crippen molar-refractivity contribution in [3.63, 3.8) is 0 Å². The van der Waals surface area contributed by atoms with Crippen LogP contribution < -0.4 is 21.7 Å². The van der Waals surface area contributed by atoms with Crippen LogP contribution >= 0.6 is 0 Å². The van der Waals surface area contributed by atoms with E-state index in [9.17, 15) is 19.2 Å². The van der Waals surface area contributed by atoms with Crippen LogP contribution in [0.15, 0.2) is 53.5 Å². The first-order valence-corrected chi connectivity index (χ1v) is 10.5. The highest BCUT2D eigenvalue weighted by molar-refractivity contribution is 6.19. The van der Waals surface area contributed by atoms with Crippen LogP contribution in [0.25, 0.3) is 0 Å². The number of esters is 1. The first-order valence-electron chi connectivity index (χ1n) is 10.5. The zero-order valence-corrected chi connectivity index (χ0v) is 18.7. The summed E-state index contributed by atoms with van der Waals surface area (Å²) in [6.07, 6.45) is 0.508. The van der Waals surface area contributed by atoms with Crippen molar-refractivity contribution in [3.05, 3.63) is 59.7 Å². The fourth-order valence-corrected chi connectivity index (χ4v) is 3.43. The van der Waals surface area contributed by atoms with Crippen molar-refractivity contribution in [1.29, 1.82) is 0 Å². The number of methoxy groups -OCH3 is 1. The molecule has 2 aromatic carbocycles. The molecule has 11 heteroatoms. The third-order valence-electron chi connectivity index (χ3n) is 5.06. The Morgan fingerprint density at radius 1 is 1.12 bits per heavy atom. The maximum absolute atomic E-state index is 12.8. The Hall–Kier alpha value is -4.41. The van der Waals surface area contributed by atoms with Crippen molar-refractivity contribution in [2.45, 2.75) is 12.8 Å². The van der Waals surface area contributed by atoms with Gasteiger partial charge in [-0.3, -0.25) is 14.4 Å². The molecule has 0 atom stereocenters. The second-order valence-corrected chi connectivity index (χ2v) is 7.55. The fourth-order valence-electron chi connectivity index (χ4n) is 3.43. The van der Waals surface area contributed by atoms with Crippen LogP contribution in [0.2, 0.25) is 0 Å². The molecule has 0 aromatic heterocycles. The van der Waals surface area contributed by atoms with Gasteiger partial charge in [-0.15, -0.1) is 0 Å². The Morgan fingerprint density at radius 3 is 2.53 bits per heavy atom. The summed E-state index contributed by atoms with van der Waals surface area (Å²) in [4.78, 5) is 55.5. The summed E-state index contributed by atoms with van der Waals surface area (Å²) in [6.45, 7) is 0.563. The van der Waals surface area contributed by atoms with Crippen LogP contribution in [0.5, 0.6) is 0 Å². The number of hydrogen-bond donors (Lipinski definition) is 3. The van der Waals surface area contributed by atoms with Gasteiger partial charge in [-0.2, -0.15) is 0 Å². The van der Waals surface area contributed by atoms with E-state index in [1.807, 2.05) is 0 Å². The topological polar surface area (TPSA) is 160 Å². The maximum atomic E-state index is 12.8. The lowest BCUT2D eigenvalue weighted by Gasteiger charge is -2.17. The number of benzene rings is 2. The predicted octanol–water partition coefficient (Wildman–Crippen LogP) is 0.896. The molecule has 0 saturated carbocycles. The molecule has 0 spiro atoms. The summed E-state index contributed by atoms with van der Waals surface area (Å²) in [6, 6.07) is 12.7. The number of amides is 4. The number of nitrogens with zero attached hydrogens (tertiary/aromatic N) is 3. The summed E-state index contributed by atoms with van der Waals surface area (Å²) < 4.78 is 4.66. The molecule has 11 nitrogen and oxygen atoms in total. The van der Waals surface area contributed by atoms with Crippen molar-refractivity contribution < 1.29 is 23.9 Å². The zero-order chi connectivity index (χ0) is 24.7. The minimum Gasteiger partial charge on any atom is -0.469 e. The Morgan fingerprint density at radius 2 is 1.85 bits per heavy atom. The number of hydrogen-bond acceptors (Lipinski definition) is 6. The van der Waals surface area contributed by atoms with Crippen LogP contribution in [0.4, 0.5) is 16.2 Å². The second-order valence-electron chi connectivity index (χ2n) is 7.55. The van der Waals surface area contributed by atoms with E-state index < -0.39 is 12.0 Å². The van der Waals surface area contributed by atoms with E-state index in [1.54, 1.807) is 48.5 Å². The number of nitrogens with two attached hydrogens (primary N) is 2. The molecule has 0 bridgehead atoms. The van der Waals surface area contributed by atoms with Crippen LogP contribution in [0, 0.1) is 0 Å². The van der Waals surface area contributed by atoms with E-state index in [-0.39, 0.29) is 30.7 Å². The number of rotatable bonds is 9. The third kappa shape index (κ3) is 6.09. The van der Waals surface area contributed by atoms with Gasteiger partial charge in [0.25, 0.3) is 11.8 Å². The minimum atomic E-state index is -0.443. The normalized spacial score (nSPS) is 13.1. The van der Waals surface area contributed by atoms with Gasteiger partial charge in [-0.1, -0.05) is 12.1 Å².